The summed E-state index contributed by atoms with van der Waals surface area (Å²) in [7, 11) is -3.43. The minimum Gasteiger partial charge on any atom is -0.273 e. The van der Waals surface area contributed by atoms with E-state index in [0.29, 0.717) is 36.5 Å². The van der Waals surface area contributed by atoms with Crippen LogP contribution in [0.1, 0.15) is 18.4 Å². The van der Waals surface area contributed by atoms with E-state index in [1.807, 2.05) is 0 Å². The Kier molecular flexibility index (Phi) is 5.19. The first-order chi connectivity index (χ1) is 11.4. The average molecular weight is 389 g/mol. The molecule has 0 atom stereocenters. The van der Waals surface area contributed by atoms with Crippen LogP contribution in [-0.2, 0) is 20.6 Å². The maximum atomic E-state index is 12.5. The standard InChI is InChI=1S/C15H17ClN2O4S2/c16-12-3-1-11(2-4-12)10-24(21,22)17-7-5-13(6-8-17)18-14(19)9-23-15(18)20/h1-4,13H,5-10H2. The van der Waals surface area contributed by atoms with Gasteiger partial charge < -0.3 is 0 Å². The van der Waals surface area contributed by atoms with Crippen LogP contribution in [-0.4, -0.2) is 53.7 Å². The second kappa shape index (κ2) is 7.03. The van der Waals surface area contributed by atoms with Crippen molar-refractivity contribution in [2.24, 2.45) is 0 Å². The molecule has 1 aromatic rings. The van der Waals surface area contributed by atoms with Crippen molar-refractivity contribution in [3.8, 4) is 0 Å². The predicted octanol–water partition coefficient (Wildman–Crippen LogP) is 2.33. The zero-order valence-electron chi connectivity index (χ0n) is 12.9. The molecule has 0 spiro atoms. The Bertz CT molecular complexity index is 727. The van der Waals surface area contributed by atoms with Crippen LogP contribution in [0.25, 0.3) is 0 Å². The van der Waals surface area contributed by atoms with Crippen LogP contribution in [0, 0.1) is 0 Å². The van der Waals surface area contributed by atoms with Crippen molar-refractivity contribution in [2.75, 3.05) is 18.8 Å². The van der Waals surface area contributed by atoms with Crippen molar-refractivity contribution < 1.29 is 18.0 Å². The van der Waals surface area contributed by atoms with Gasteiger partial charge in [0, 0.05) is 24.2 Å². The van der Waals surface area contributed by atoms with Crippen molar-refractivity contribution in [3.63, 3.8) is 0 Å². The highest BCUT2D eigenvalue weighted by Crippen LogP contribution is 2.28. The molecule has 0 aromatic heterocycles. The van der Waals surface area contributed by atoms with E-state index in [1.54, 1.807) is 24.3 Å². The van der Waals surface area contributed by atoms with Gasteiger partial charge in [-0.15, -0.1) is 0 Å². The topological polar surface area (TPSA) is 74.8 Å². The van der Waals surface area contributed by atoms with Crippen LogP contribution in [0.5, 0.6) is 0 Å². The summed E-state index contributed by atoms with van der Waals surface area (Å²) in [5.41, 5.74) is 0.683. The van der Waals surface area contributed by atoms with Gasteiger partial charge in [0.05, 0.1) is 11.5 Å². The van der Waals surface area contributed by atoms with Crippen LogP contribution in [0.3, 0.4) is 0 Å². The van der Waals surface area contributed by atoms with Crippen LogP contribution in [0.15, 0.2) is 24.3 Å². The molecule has 0 aliphatic carbocycles. The molecule has 2 aliphatic heterocycles. The number of amides is 2. The average Bonchev–Trinajstić information content (AvgIpc) is 2.88. The van der Waals surface area contributed by atoms with Gasteiger partial charge in [0.25, 0.3) is 5.24 Å². The van der Waals surface area contributed by atoms with E-state index < -0.39 is 10.0 Å². The lowest BCUT2D eigenvalue weighted by atomic mass is 10.1. The maximum absolute atomic E-state index is 12.5. The molecular weight excluding hydrogens is 372 g/mol. The summed E-state index contributed by atoms with van der Waals surface area (Å²) >= 11 is 6.82. The molecule has 2 heterocycles. The molecule has 2 amide bonds. The Labute approximate surface area is 150 Å². The second-order valence-electron chi connectivity index (χ2n) is 5.83. The number of benzene rings is 1. The van der Waals surface area contributed by atoms with Crippen molar-refractivity contribution in [3.05, 3.63) is 34.9 Å². The van der Waals surface area contributed by atoms with E-state index in [9.17, 15) is 18.0 Å². The number of thioether (sulfide) groups is 1. The fourth-order valence-electron chi connectivity index (χ4n) is 2.98. The molecular formula is C15H17ClN2O4S2. The molecule has 0 bridgehead atoms. The third-order valence-electron chi connectivity index (χ3n) is 4.23. The van der Waals surface area contributed by atoms with Gasteiger partial charge in [-0.2, -0.15) is 0 Å². The number of hydrogen-bond acceptors (Lipinski definition) is 5. The number of piperidine rings is 1. The van der Waals surface area contributed by atoms with E-state index in [0.717, 1.165) is 11.8 Å². The van der Waals surface area contributed by atoms with Crippen LogP contribution in [0.4, 0.5) is 4.79 Å². The largest absolute Gasteiger partial charge is 0.289 e. The van der Waals surface area contributed by atoms with Crippen LogP contribution >= 0.6 is 23.4 Å². The summed E-state index contributed by atoms with van der Waals surface area (Å²) in [5, 5.41) is 0.345. The summed E-state index contributed by atoms with van der Waals surface area (Å²) in [6.45, 7) is 0.643. The van der Waals surface area contributed by atoms with Crippen LogP contribution < -0.4 is 0 Å². The Morgan fingerprint density at radius 2 is 1.75 bits per heavy atom. The molecule has 24 heavy (non-hydrogen) atoms. The van der Waals surface area contributed by atoms with Gasteiger partial charge >= 0.3 is 0 Å². The molecule has 2 saturated heterocycles. The lowest BCUT2D eigenvalue weighted by Gasteiger charge is -2.34. The lowest BCUT2D eigenvalue weighted by Crippen LogP contribution is -2.48. The molecule has 0 radical (unpaired) electrons. The molecule has 6 nitrogen and oxygen atoms in total. The van der Waals surface area contributed by atoms with Crippen molar-refractivity contribution in [2.45, 2.75) is 24.6 Å². The molecule has 130 valence electrons. The lowest BCUT2D eigenvalue weighted by molar-refractivity contribution is -0.126. The highest BCUT2D eigenvalue weighted by atomic mass is 35.5. The van der Waals surface area contributed by atoms with Gasteiger partial charge in [0.15, 0.2) is 0 Å². The smallest absolute Gasteiger partial charge is 0.273 e. The number of rotatable bonds is 4. The van der Waals surface area contributed by atoms with E-state index in [-0.39, 0.29) is 28.7 Å². The zero-order chi connectivity index (χ0) is 17.3. The van der Waals surface area contributed by atoms with Gasteiger partial charge in [-0.3, -0.25) is 14.5 Å². The zero-order valence-corrected chi connectivity index (χ0v) is 15.2. The summed E-state index contributed by atoms with van der Waals surface area (Å²) in [6, 6.07) is 6.54. The van der Waals surface area contributed by atoms with Crippen molar-refractivity contribution in [1.82, 2.24) is 9.21 Å². The van der Waals surface area contributed by atoms with Gasteiger partial charge in [-0.05, 0) is 30.5 Å². The molecule has 2 aliphatic rings. The molecule has 1 aromatic carbocycles. The quantitative estimate of drug-likeness (QED) is 0.791. The van der Waals surface area contributed by atoms with E-state index in [1.165, 1.54) is 9.21 Å². The number of carbonyl (C=O) groups is 2. The fraction of sp³-hybridized carbons (Fsp3) is 0.467. The highest BCUT2D eigenvalue weighted by Gasteiger charge is 2.39. The number of halogens is 1. The first-order valence-corrected chi connectivity index (χ1v) is 10.6. The van der Waals surface area contributed by atoms with Crippen LogP contribution in [0.2, 0.25) is 5.02 Å². The highest BCUT2D eigenvalue weighted by molar-refractivity contribution is 8.14. The molecule has 9 heteroatoms. The first kappa shape index (κ1) is 17.7. The maximum Gasteiger partial charge on any atom is 0.289 e. The van der Waals surface area contributed by atoms with Gasteiger partial charge in [-0.1, -0.05) is 35.5 Å². The number of hydrogen-bond donors (Lipinski definition) is 0. The molecule has 0 unspecified atom stereocenters. The Hall–Kier alpha value is -1.09. The van der Waals surface area contributed by atoms with Gasteiger partial charge in [0.2, 0.25) is 15.9 Å². The number of imide groups is 1. The SMILES string of the molecule is O=C1CSC(=O)N1C1CCN(S(=O)(=O)Cc2ccc(Cl)cc2)CC1. The van der Waals surface area contributed by atoms with Crippen molar-refractivity contribution in [1.29, 1.82) is 0 Å². The van der Waals surface area contributed by atoms with Gasteiger partial charge in [-0.25, -0.2) is 12.7 Å². The van der Waals surface area contributed by atoms with Gasteiger partial charge in [0.1, 0.15) is 0 Å². The number of sulfonamides is 1. The Balaban J connectivity index is 1.62. The molecule has 0 N–H and O–H groups in total. The van der Waals surface area contributed by atoms with E-state index in [4.69, 9.17) is 11.6 Å². The number of nitrogens with zero attached hydrogens (tertiary/aromatic N) is 2. The third kappa shape index (κ3) is 3.77. The van der Waals surface area contributed by atoms with Crippen molar-refractivity contribution >= 4 is 44.5 Å². The third-order valence-corrected chi connectivity index (χ3v) is 7.17. The van der Waals surface area contributed by atoms with E-state index >= 15 is 0 Å². The minimum absolute atomic E-state index is 0.0771. The number of carbonyl (C=O) groups excluding carboxylic acids is 2. The molecule has 0 saturated carbocycles. The molecule has 3 rings (SSSR count). The molecule has 2 fully saturated rings. The summed E-state index contributed by atoms with van der Waals surface area (Å²) in [5.74, 6) is -0.0624. The Morgan fingerprint density at radius 1 is 1.12 bits per heavy atom. The van der Waals surface area contributed by atoms with E-state index in [2.05, 4.69) is 0 Å². The summed E-state index contributed by atoms with van der Waals surface area (Å²) < 4.78 is 26.5. The summed E-state index contributed by atoms with van der Waals surface area (Å²) in [6.07, 6.45) is 0.968. The normalized spacial score (nSPS) is 20.8. The second-order valence-corrected chi connectivity index (χ2v) is 9.16. The summed E-state index contributed by atoms with van der Waals surface area (Å²) in [4.78, 5) is 24.8. The Morgan fingerprint density at radius 3 is 2.29 bits per heavy atom. The monoisotopic (exact) mass is 388 g/mol. The first-order valence-electron chi connectivity index (χ1n) is 7.58. The fourth-order valence-corrected chi connectivity index (χ4v) is 5.44. The minimum atomic E-state index is -3.43. The predicted molar refractivity (Wildman–Crippen MR) is 93.4 cm³/mol.